The Hall–Kier alpha value is -2.05. The molecule has 0 fully saturated rings. The van der Waals surface area contributed by atoms with Gasteiger partial charge in [0.1, 0.15) is 0 Å². The van der Waals surface area contributed by atoms with Crippen LogP contribution < -0.4 is 14.8 Å². The van der Waals surface area contributed by atoms with Gasteiger partial charge in [0.15, 0.2) is 11.5 Å². The summed E-state index contributed by atoms with van der Waals surface area (Å²) in [5, 5.41) is 2.98. The SMILES string of the molecule is CCOc1cc(Br)c(CC(=O)NCc2ccc(CN(C)C)cc2)cc1OCC. The summed E-state index contributed by atoms with van der Waals surface area (Å²) in [6, 6.07) is 12.0. The lowest BCUT2D eigenvalue weighted by Crippen LogP contribution is -2.24. The van der Waals surface area contributed by atoms with Gasteiger partial charge in [-0.05, 0) is 56.8 Å². The predicted octanol–water partition coefficient (Wildman–Crippen LogP) is 4.17. The molecule has 0 aliphatic carbocycles. The number of nitrogens with zero attached hydrogens (tertiary/aromatic N) is 1. The molecule has 0 saturated heterocycles. The Labute approximate surface area is 176 Å². The standard InChI is InChI=1S/C22H29BrN2O3/c1-5-27-20-11-18(19(23)13-21(20)28-6-2)12-22(26)24-14-16-7-9-17(10-8-16)15-25(3)4/h7-11,13H,5-6,12,14-15H2,1-4H3,(H,24,26). The highest BCUT2D eigenvalue weighted by atomic mass is 79.9. The third-order valence-electron chi connectivity index (χ3n) is 4.07. The van der Waals surface area contributed by atoms with Crippen LogP contribution >= 0.6 is 15.9 Å². The minimum atomic E-state index is -0.0373. The molecule has 0 unspecified atom stereocenters. The van der Waals surface area contributed by atoms with Crippen molar-refractivity contribution in [3.63, 3.8) is 0 Å². The lowest BCUT2D eigenvalue weighted by molar-refractivity contribution is -0.120. The second kappa shape index (κ2) is 11.1. The van der Waals surface area contributed by atoms with Crippen LogP contribution in [0.15, 0.2) is 40.9 Å². The second-order valence-corrected chi connectivity index (χ2v) is 7.62. The molecule has 0 heterocycles. The number of amides is 1. The highest BCUT2D eigenvalue weighted by Gasteiger charge is 2.13. The monoisotopic (exact) mass is 448 g/mol. The number of carbonyl (C=O) groups is 1. The molecule has 1 amide bonds. The normalized spacial score (nSPS) is 10.8. The number of halogens is 1. The average molecular weight is 449 g/mol. The number of nitrogens with one attached hydrogen (secondary N) is 1. The Kier molecular flexibility index (Phi) is 8.80. The molecule has 2 rings (SSSR count). The molecule has 2 aromatic rings. The van der Waals surface area contributed by atoms with Crippen molar-refractivity contribution in [3.05, 3.63) is 57.6 Å². The molecular weight excluding hydrogens is 420 g/mol. The molecule has 0 saturated carbocycles. The number of hydrogen-bond acceptors (Lipinski definition) is 4. The fourth-order valence-electron chi connectivity index (χ4n) is 2.81. The number of benzene rings is 2. The van der Waals surface area contributed by atoms with Gasteiger partial charge in [-0.2, -0.15) is 0 Å². The third-order valence-corrected chi connectivity index (χ3v) is 4.81. The van der Waals surface area contributed by atoms with Crippen LogP contribution in [0.5, 0.6) is 11.5 Å². The molecule has 1 N–H and O–H groups in total. The molecule has 0 radical (unpaired) electrons. The topological polar surface area (TPSA) is 50.8 Å². The van der Waals surface area contributed by atoms with Crippen molar-refractivity contribution < 1.29 is 14.3 Å². The second-order valence-electron chi connectivity index (χ2n) is 6.76. The Morgan fingerprint density at radius 2 is 1.57 bits per heavy atom. The highest BCUT2D eigenvalue weighted by molar-refractivity contribution is 9.10. The first-order valence-electron chi connectivity index (χ1n) is 9.50. The summed E-state index contributed by atoms with van der Waals surface area (Å²) in [4.78, 5) is 14.5. The summed E-state index contributed by atoms with van der Waals surface area (Å²) in [5.74, 6) is 1.30. The molecule has 0 spiro atoms. The Bertz CT molecular complexity index is 776. The fraction of sp³-hybridized carbons (Fsp3) is 0.409. The van der Waals surface area contributed by atoms with Crippen molar-refractivity contribution in [2.45, 2.75) is 33.4 Å². The summed E-state index contributed by atoms with van der Waals surface area (Å²) in [6.45, 7) is 6.36. The molecule has 0 aromatic heterocycles. The maximum Gasteiger partial charge on any atom is 0.224 e. The zero-order valence-corrected chi connectivity index (χ0v) is 18.6. The van der Waals surface area contributed by atoms with Crippen molar-refractivity contribution in [1.82, 2.24) is 10.2 Å². The summed E-state index contributed by atoms with van der Waals surface area (Å²) < 4.78 is 12.1. The van der Waals surface area contributed by atoms with Crippen LogP contribution in [0.1, 0.15) is 30.5 Å². The fourth-order valence-corrected chi connectivity index (χ4v) is 3.28. The van der Waals surface area contributed by atoms with Gasteiger partial charge in [0, 0.05) is 17.6 Å². The van der Waals surface area contributed by atoms with Crippen molar-refractivity contribution in [2.75, 3.05) is 27.3 Å². The van der Waals surface area contributed by atoms with E-state index in [9.17, 15) is 4.79 Å². The predicted molar refractivity (Wildman–Crippen MR) is 116 cm³/mol. The number of rotatable bonds is 10. The van der Waals surface area contributed by atoms with Crippen molar-refractivity contribution in [3.8, 4) is 11.5 Å². The smallest absolute Gasteiger partial charge is 0.224 e. The Morgan fingerprint density at radius 1 is 1.00 bits per heavy atom. The van der Waals surface area contributed by atoms with E-state index in [0.717, 1.165) is 22.1 Å². The minimum Gasteiger partial charge on any atom is -0.490 e. The number of ether oxygens (including phenoxy) is 2. The van der Waals surface area contributed by atoms with E-state index in [4.69, 9.17) is 9.47 Å². The maximum atomic E-state index is 12.4. The van der Waals surface area contributed by atoms with Crippen LogP contribution in [0.3, 0.4) is 0 Å². The minimum absolute atomic E-state index is 0.0373. The van der Waals surface area contributed by atoms with Crippen LogP contribution in [0.25, 0.3) is 0 Å². The van der Waals surface area contributed by atoms with Gasteiger partial charge in [-0.15, -0.1) is 0 Å². The van der Waals surface area contributed by atoms with Gasteiger partial charge in [0.25, 0.3) is 0 Å². The summed E-state index contributed by atoms with van der Waals surface area (Å²) in [7, 11) is 4.09. The van der Waals surface area contributed by atoms with E-state index >= 15 is 0 Å². The molecule has 2 aromatic carbocycles. The lowest BCUT2D eigenvalue weighted by atomic mass is 10.1. The van der Waals surface area contributed by atoms with E-state index in [-0.39, 0.29) is 12.3 Å². The van der Waals surface area contributed by atoms with Gasteiger partial charge in [0.2, 0.25) is 5.91 Å². The highest BCUT2D eigenvalue weighted by Crippen LogP contribution is 2.34. The molecular formula is C22H29BrN2O3. The quantitative estimate of drug-likeness (QED) is 0.592. The molecule has 152 valence electrons. The van der Waals surface area contributed by atoms with Crippen molar-refractivity contribution in [2.24, 2.45) is 0 Å². The average Bonchev–Trinajstić information content (AvgIpc) is 2.65. The number of carbonyl (C=O) groups excluding carboxylic acids is 1. The molecule has 0 aliphatic rings. The lowest BCUT2D eigenvalue weighted by Gasteiger charge is -2.14. The van der Waals surface area contributed by atoms with Crippen LogP contribution in [0, 0.1) is 0 Å². The third kappa shape index (κ3) is 6.84. The Morgan fingerprint density at radius 3 is 2.14 bits per heavy atom. The van der Waals surface area contributed by atoms with Gasteiger partial charge >= 0.3 is 0 Å². The molecule has 28 heavy (non-hydrogen) atoms. The zero-order valence-electron chi connectivity index (χ0n) is 17.0. The van der Waals surface area contributed by atoms with Gasteiger partial charge in [-0.25, -0.2) is 0 Å². The first-order valence-corrected chi connectivity index (χ1v) is 10.3. The van der Waals surface area contributed by atoms with E-state index < -0.39 is 0 Å². The molecule has 5 nitrogen and oxygen atoms in total. The summed E-state index contributed by atoms with van der Waals surface area (Å²) in [5.41, 5.74) is 3.20. The zero-order chi connectivity index (χ0) is 20.5. The van der Waals surface area contributed by atoms with Crippen LogP contribution in [-0.4, -0.2) is 38.1 Å². The van der Waals surface area contributed by atoms with Gasteiger partial charge < -0.3 is 19.7 Å². The van der Waals surface area contributed by atoms with Crippen LogP contribution in [0.2, 0.25) is 0 Å². The van der Waals surface area contributed by atoms with E-state index in [0.29, 0.717) is 31.3 Å². The maximum absolute atomic E-state index is 12.4. The number of hydrogen-bond donors (Lipinski definition) is 1. The van der Waals surface area contributed by atoms with Gasteiger partial charge in [-0.1, -0.05) is 40.2 Å². The largest absolute Gasteiger partial charge is 0.490 e. The first-order chi connectivity index (χ1) is 13.4. The van der Waals surface area contributed by atoms with E-state index in [2.05, 4.69) is 50.4 Å². The first kappa shape index (κ1) is 22.2. The van der Waals surface area contributed by atoms with E-state index in [1.54, 1.807) is 0 Å². The van der Waals surface area contributed by atoms with Crippen LogP contribution in [-0.2, 0) is 24.3 Å². The molecule has 0 aliphatic heterocycles. The van der Waals surface area contributed by atoms with E-state index in [1.165, 1.54) is 5.56 Å². The molecule has 0 atom stereocenters. The van der Waals surface area contributed by atoms with Crippen molar-refractivity contribution >= 4 is 21.8 Å². The van der Waals surface area contributed by atoms with Gasteiger partial charge in [-0.3, -0.25) is 4.79 Å². The van der Waals surface area contributed by atoms with Crippen molar-refractivity contribution in [1.29, 1.82) is 0 Å². The van der Waals surface area contributed by atoms with Crippen LogP contribution in [0.4, 0.5) is 0 Å². The summed E-state index contributed by atoms with van der Waals surface area (Å²) in [6.07, 6.45) is 0.270. The van der Waals surface area contributed by atoms with E-state index in [1.807, 2.05) is 40.1 Å². The molecule has 6 heteroatoms. The summed E-state index contributed by atoms with van der Waals surface area (Å²) >= 11 is 3.53. The molecule has 0 bridgehead atoms. The Balaban J connectivity index is 1.97. The van der Waals surface area contributed by atoms with Gasteiger partial charge in [0.05, 0.1) is 19.6 Å².